The van der Waals surface area contributed by atoms with E-state index in [1.54, 1.807) is 19.0 Å². The topological polar surface area (TPSA) is 65.1 Å². The van der Waals surface area contributed by atoms with Crippen molar-refractivity contribution in [3.8, 4) is 0 Å². The molecule has 2 aliphatic heterocycles. The minimum atomic E-state index is -0.0787. The van der Waals surface area contributed by atoms with Gasteiger partial charge in [0.2, 0.25) is 11.8 Å². The van der Waals surface area contributed by atoms with Gasteiger partial charge in [-0.2, -0.15) is 0 Å². The Morgan fingerprint density at radius 1 is 1.19 bits per heavy atom. The van der Waals surface area contributed by atoms with E-state index in [9.17, 15) is 9.59 Å². The van der Waals surface area contributed by atoms with E-state index in [2.05, 4.69) is 10.2 Å². The molecule has 2 aliphatic rings. The maximum absolute atomic E-state index is 12.5. The normalized spacial score (nSPS) is 26.9. The number of nitrogens with one attached hydrogen (secondary N) is 1. The Bertz CT molecular complexity index is 380. The molecule has 0 aromatic rings. The van der Waals surface area contributed by atoms with Gasteiger partial charge >= 0.3 is 0 Å². The molecule has 0 aromatic carbocycles. The lowest BCUT2D eigenvalue weighted by molar-refractivity contribution is -0.138. The van der Waals surface area contributed by atoms with E-state index in [-0.39, 0.29) is 23.8 Å². The molecule has 0 radical (unpaired) electrons. The number of amides is 2. The number of hydrogen-bond acceptors (Lipinski definition) is 5. The van der Waals surface area contributed by atoms with Crippen LogP contribution in [-0.2, 0) is 14.3 Å². The van der Waals surface area contributed by atoms with Crippen molar-refractivity contribution in [1.82, 2.24) is 20.0 Å². The number of rotatable bonds is 4. The zero-order valence-electron chi connectivity index (χ0n) is 13.2. The molecule has 0 aliphatic carbocycles. The molecule has 7 nitrogen and oxygen atoms in total. The van der Waals surface area contributed by atoms with Crippen LogP contribution in [0.2, 0.25) is 0 Å². The molecular formula is C14H26N4O3. The zero-order valence-corrected chi connectivity index (χ0v) is 13.2. The predicted molar refractivity (Wildman–Crippen MR) is 78.9 cm³/mol. The van der Waals surface area contributed by atoms with Crippen molar-refractivity contribution >= 4 is 11.8 Å². The average molecular weight is 298 g/mol. The molecule has 2 fully saturated rings. The van der Waals surface area contributed by atoms with E-state index < -0.39 is 0 Å². The van der Waals surface area contributed by atoms with Crippen LogP contribution in [0.3, 0.4) is 0 Å². The van der Waals surface area contributed by atoms with Gasteiger partial charge in [0.15, 0.2) is 0 Å². The number of likely N-dealkylation sites (N-methyl/N-ethyl adjacent to an activating group) is 2. The molecule has 2 heterocycles. The summed E-state index contributed by atoms with van der Waals surface area (Å²) in [6.45, 7) is 4.42. The standard InChI is InChI=1S/C14H26N4O3/c1-15-12-10-21-9-11(12)14(20)18-6-4-17(5-7-18)8-13(19)16(2)3/h11-12,15H,4-10H2,1-3H3. The maximum atomic E-state index is 12.5. The average Bonchev–Trinajstić information content (AvgIpc) is 2.95. The second-order valence-corrected chi connectivity index (χ2v) is 5.93. The van der Waals surface area contributed by atoms with Gasteiger partial charge in [0.25, 0.3) is 0 Å². The summed E-state index contributed by atoms with van der Waals surface area (Å²) < 4.78 is 5.40. The molecule has 2 atom stereocenters. The molecule has 1 N–H and O–H groups in total. The fourth-order valence-electron chi connectivity index (χ4n) is 2.78. The lowest BCUT2D eigenvalue weighted by Gasteiger charge is -2.36. The molecule has 0 spiro atoms. The van der Waals surface area contributed by atoms with Gasteiger partial charge in [-0.15, -0.1) is 0 Å². The molecule has 2 unspecified atom stereocenters. The van der Waals surface area contributed by atoms with Gasteiger partial charge in [-0.3, -0.25) is 14.5 Å². The molecule has 0 bridgehead atoms. The van der Waals surface area contributed by atoms with Crippen molar-refractivity contribution in [3.05, 3.63) is 0 Å². The van der Waals surface area contributed by atoms with Crippen molar-refractivity contribution in [2.45, 2.75) is 6.04 Å². The third-order valence-electron chi connectivity index (χ3n) is 4.31. The summed E-state index contributed by atoms with van der Waals surface area (Å²) in [6, 6.07) is 0.117. The van der Waals surface area contributed by atoms with Gasteiger partial charge in [-0.1, -0.05) is 0 Å². The summed E-state index contributed by atoms with van der Waals surface area (Å²) >= 11 is 0. The van der Waals surface area contributed by atoms with Crippen LogP contribution in [0.5, 0.6) is 0 Å². The summed E-state index contributed by atoms with van der Waals surface area (Å²) in [6.07, 6.45) is 0. The lowest BCUT2D eigenvalue weighted by Crippen LogP contribution is -2.54. The lowest BCUT2D eigenvalue weighted by atomic mass is 10.0. The van der Waals surface area contributed by atoms with Crippen molar-refractivity contribution in [1.29, 1.82) is 0 Å². The minimum Gasteiger partial charge on any atom is -0.379 e. The van der Waals surface area contributed by atoms with E-state index in [4.69, 9.17) is 4.74 Å². The van der Waals surface area contributed by atoms with Gasteiger partial charge < -0.3 is 19.9 Å². The Morgan fingerprint density at radius 2 is 1.86 bits per heavy atom. The number of piperazine rings is 1. The molecule has 7 heteroatoms. The first-order valence-corrected chi connectivity index (χ1v) is 7.49. The predicted octanol–water partition coefficient (Wildman–Crippen LogP) is -1.55. The summed E-state index contributed by atoms with van der Waals surface area (Å²) in [4.78, 5) is 29.8. The van der Waals surface area contributed by atoms with Crippen molar-refractivity contribution in [2.75, 3.05) is 67.1 Å². The fraction of sp³-hybridized carbons (Fsp3) is 0.857. The Labute approximate surface area is 126 Å². The fourth-order valence-corrected chi connectivity index (χ4v) is 2.78. The number of nitrogens with zero attached hydrogens (tertiary/aromatic N) is 3. The zero-order chi connectivity index (χ0) is 15.4. The Kier molecular flexibility index (Phi) is 5.55. The van der Waals surface area contributed by atoms with Crippen molar-refractivity contribution in [2.24, 2.45) is 5.92 Å². The minimum absolute atomic E-state index is 0.0787. The SMILES string of the molecule is CNC1COCC1C(=O)N1CCN(CC(=O)N(C)C)CC1. The molecule has 21 heavy (non-hydrogen) atoms. The smallest absolute Gasteiger partial charge is 0.236 e. The highest BCUT2D eigenvalue weighted by Crippen LogP contribution is 2.17. The van der Waals surface area contributed by atoms with Gasteiger partial charge in [-0.05, 0) is 7.05 Å². The molecule has 0 aromatic heterocycles. The number of ether oxygens (including phenoxy) is 1. The van der Waals surface area contributed by atoms with Crippen LogP contribution in [0.1, 0.15) is 0 Å². The summed E-state index contributed by atoms with van der Waals surface area (Å²) in [7, 11) is 5.39. The van der Waals surface area contributed by atoms with Crippen LogP contribution >= 0.6 is 0 Å². The monoisotopic (exact) mass is 298 g/mol. The van der Waals surface area contributed by atoms with Gasteiger partial charge in [0.1, 0.15) is 0 Å². The largest absolute Gasteiger partial charge is 0.379 e. The van der Waals surface area contributed by atoms with E-state index in [0.29, 0.717) is 32.8 Å². The van der Waals surface area contributed by atoms with Crippen LogP contribution in [0, 0.1) is 5.92 Å². The first-order valence-electron chi connectivity index (χ1n) is 7.49. The van der Waals surface area contributed by atoms with Gasteiger partial charge in [0.05, 0.1) is 25.7 Å². The summed E-state index contributed by atoms with van der Waals surface area (Å²) in [5.74, 6) is 0.199. The Morgan fingerprint density at radius 3 is 2.43 bits per heavy atom. The number of carbonyl (C=O) groups excluding carboxylic acids is 2. The van der Waals surface area contributed by atoms with E-state index in [1.807, 2.05) is 11.9 Å². The van der Waals surface area contributed by atoms with Gasteiger partial charge in [-0.25, -0.2) is 0 Å². The summed E-state index contributed by atoms with van der Waals surface area (Å²) in [5, 5.41) is 3.15. The maximum Gasteiger partial charge on any atom is 0.236 e. The summed E-state index contributed by atoms with van der Waals surface area (Å²) in [5.41, 5.74) is 0. The molecule has 0 saturated carbocycles. The highest BCUT2D eigenvalue weighted by Gasteiger charge is 2.36. The van der Waals surface area contributed by atoms with Crippen molar-refractivity contribution in [3.63, 3.8) is 0 Å². The number of hydrogen-bond donors (Lipinski definition) is 1. The van der Waals surface area contributed by atoms with Crippen LogP contribution in [0.4, 0.5) is 0 Å². The van der Waals surface area contributed by atoms with E-state index >= 15 is 0 Å². The second-order valence-electron chi connectivity index (χ2n) is 5.93. The first-order chi connectivity index (χ1) is 10.0. The van der Waals surface area contributed by atoms with E-state index in [1.165, 1.54) is 0 Å². The van der Waals surface area contributed by atoms with Crippen LogP contribution in [-0.4, -0.2) is 99.6 Å². The molecule has 120 valence electrons. The van der Waals surface area contributed by atoms with Crippen molar-refractivity contribution < 1.29 is 14.3 Å². The molecule has 2 saturated heterocycles. The second kappa shape index (κ2) is 7.20. The van der Waals surface area contributed by atoms with Gasteiger partial charge in [0, 0.05) is 46.3 Å². The molecule has 2 rings (SSSR count). The number of carbonyl (C=O) groups is 2. The van der Waals surface area contributed by atoms with Crippen LogP contribution in [0.15, 0.2) is 0 Å². The Hall–Kier alpha value is -1.18. The first kappa shape index (κ1) is 16.2. The Balaban J connectivity index is 1.81. The van der Waals surface area contributed by atoms with E-state index in [0.717, 1.165) is 13.1 Å². The molecular weight excluding hydrogens is 272 g/mol. The highest BCUT2D eigenvalue weighted by atomic mass is 16.5. The molecule has 2 amide bonds. The van der Waals surface area contributed by atoms with Crippen LogP contribution in [0.25, 0.3) is 0 Å². The third-order valence-corrected chi connectivity index (χ3v) is 4.31. The highest BCUT2D eigenvalue weighted by molar-refractivity contribution is 5.80. The quantitative estimate of drug-likeness (QED) is 0.681. The van der Waals surface area contributed by atoms with Crippen LogP contribution < -0.4 is 5.32 Å². The third kappa shape index (κ3) is 3.93.